The molecule has 3 aromatic rings. The van der Waals surface area contributed by atoms with Gasteiger partial charge in [-0.15, -0.1) is 0 Å². The second kappa shape index (κ2) is 6.91. The van der Waals surface area contributed by atoms with E-state index in [9.17, 15) is 5.11 Å². The first kappa shape index (κ1) is 15.7. The fourth-order valence-corrected chi connectivity index (χ4v) is 2.47. The Bertz CT molecular complexity index is 850. The molecule has 0 fully saturated rings. The number of aromatic hydroxyl groups is 1. The first-order valence-electron chi connectivity index (χ1n) is 7.58. The molecule has 4 N–H and O–H groups in total. The predicted molar refractivity (Wildman–Crippen MR) is 96.1 cm³/mol. The molecule has 1 aromatic heterocycles. The molecule has 0 aliphatic carbocycles. The van der Waals surface area contributed by atoms with E-state index in [0.717, 1.165) is 28.1 Å². The van der Waals surface area contributed by atoms with Crippen molar-refractivity contribution in [1.29, 1.82) is 0 Å². The molecule has 0 bridgehead atoms. The largest absolute Gasteiger partial charge is 0.508 e. The van der Waals surface area contributed by atoms with Crippen molar-refractivity contribution in [2.45, 2.75) is 6.54 Å². The van der Waals surface area contributed by atoms with Gasteiger partial charge >= 0.3 is 0 Å². The van der Waals surface area contributed by atoms with Gasteiger partial charge in [-0.2, -0.15) is 0 Å². The minimum Gasteiger partial charge on any atom is -0.508 e. The minimum absolute atomic E-state index is 0.233. The number of phenolic OH excluding ortho intramolecular Hbond substituents is 1. The van der Waals surface area contributed by atoms with E-state index in [4.69, 9.17) is 10.5 Å². The van der Waals surface area contributed by atoms with E-state index >= 15 is 0 Å². The van der Waals surface area contributed by atoms with E-state index in [1.54, 1.807) is 19.4 Å². The number of nitrogen functional groups attached to an aromatic ring is 1. The monoisotopic (exact) mass is 321 g/mol. The fraction of sp³-hybridized carbons (Fsp3) is 0.105. The number of benzene rings is 2. The third kappa shape index (κ3) is 3.41. The number of hydrogen-bond donors (Lipinski definition) is 3. The first-order chi connectivity index (χ1) is 11.7. The molecule has 122 valence electrons. The molecule has 0 amide bonds. The van der Waals surface area contributed by atoms with E-state index in [-0.39, 0.29) is 5.75 Å². The molecule has 1 heterocycles. The van der Waals surface area contributed by atoms with Crippen LogP contribution in [-0.2, 0) is 6.54 Å². The average molecular weight is 321 g/mol. The number of hydrogen-bond acceptors (Lipinski definition) is 5. The Morgan fingerprint density at radius 1 is 1.08 bits per heavy atom. The quantitative estimate of drug-likeness (QED) is 0.668. The molecule has 0 saturated heterocycles. The molecular weight excluding hydrogens is 302 g/mol. The first-order valence-corrected chi connectivity index (χ1v) is 7.58. The van der Waals surface area contributed by atoms with Crippen molar-refractivity contribution in [2.75, 3.05) is 18.2 Å². The van der Waals surface area contributed by atoms with Crippen LogP contribution in [0.2, 0.25) is 0 Å². The number of rotatable bonds is 5. The Labute approximate surface area is 140 Å². The molecular formula is C19H19N3O2. The molecule has 24 heavy (non-hydrogen) atoms. The molecule has 0 spiro atoms. The predicted octanol–water partition coefficient (Wildman–Crippen LogP) is 3.66. The van der Waals surface area contributed by atoms with Crippen LogP contribution >= 0.6 is 0 Å². The van der Waals surface area contributed by atoms with Crippen molar-refractivity contribution in [3.8, 4) is 22.6 Å². The number of nitrogens with one attached hydrogen (secondary N) is 1. The Morgan fingerprint density at radius 3 is 2.71 bits per heavy atom. The van der Waals surface area contributed by atoms with Crippen molar-refractivity contribution in [1.82, 2.24) is 4.98 Å². The van der Waals surface area contributed by atoms with Crippen molar-refractivity contribution in [3.63, 3.8) is 0 Å². The zero-order valence-corrected chi connectivity index (χ0v) is 13.4. The van der Waals surface area contributed by atoms with Crippen LogP contribution in [0.25, 0.3) is 11.1 Å². The lowest BCUT2D eigenvalue weighted by Crippen LogP contribution is -2.04. The van der Waals surface area contributed by atoms with Gasteiger partial charge in [0, 0.05) is 18.3 Å². The topological polar surface area (TPSA) is 80.4 Å². The van der Waals surface area contributed by atoms with Gasteiger partial charge in [-0.3, -0.25) is 0 Å². The molecule has 0 radical (unpaired) electrons. The van der Waals surface area contributed by atoms with Gasteiger partial charge in [-0.05, 0) is 47.5 Å². The third-order valence-electron chi connectivity index (χ3n) is 3.79. The number of phenols is 1. The van der Waals surface area contributed by atoms with Crippen LogP contribution in [0.3, 0.4) is 0 Å². The van der Waals surface area contributed by atoms with E-state index in [1.165, 1.54) is 0 Å². The van der Waals surface area contributed by atoms with Crippen LogP contribution in [0.5, 0.6) is 11.5 Å². The van der Waals surface area contributed by atoms with Crippen molar-refractivity contribution in [3.05, 3.63) is 66.4 Å². The highest BCUT2D eigenvalue weighted by Crippen LogP contribution is 2.29. The van der Waals surface area contributed by atoms with Gasteiger partial charge < -0.3 is 20.9 Å². The zero-order valence-electron chi connectivity index (χ0n) is 13.4. The van der Waals surface area contributed by atoms with Crippen LogP contribution in [0.1, 0.15) is 5.56 Å². The maximum absolute atomic E-state index is 10.1. The Morgan fingerprint density at radius 2 is 1.92 bits per heavy atom. The highest BCUT2D eigenvalue weighted by Gasteiger charge is 2.07. The molecule has 0 saturated carbocycles. The maximum atomic E-state index is 10.1. The molecule has 0 unspecified atom stereocenters. The number of nitrogens with zero attached hydrogens (tertiary/aromatic N) is 1. The van der Waals surface area contributed by atoms with E-state index in [1.807, 2.05) is 48.5 Å². The highest BCUT2D eigenvalue weighted by molar-refractivity contribution is 5.68. The summed E-state index contributed by atoms with van der Waals surface area (Å²) < 4.78 is 5.27. The lowest BCUT2D eigenvalue weighted by molar-refractivity contribution is 0.415. The van der Waals surface area contributed by atoms with Gasteiger partial charge in [-0.1, -0.05) is 18.2 Å². The Balaban J connectivity index is 1.85. The molecule has 5 heteroatoms. The van der Waals surface area contributed by atoms with E-state index in [2.05, 4.69) is 10.3 Å². The number of methoxy groups -OCH3 is 1. The van der Waals surface area contributed by atoms with Gasteiger partial charge in [0.05, 0.1) is 12.8 Å². The molecule has 0 atom stereocenters. The van der Waals surface area contributed by atoms with Crippen LogP contribution in [0.4, 0.5) is 11.5 Å². The van der Waals surface area contributed by atoms with Crippen LogP contribution in [0.15, 0.2) is 60.8 Å². The summed E-state index contributed by atoms with van der Waals surface area (Å²) in [6.45, 7) is 0.444. The van der Waals surface area contributed by atoms with E-state index in [0.29, 0.717) is 12.4 Å². The van der Waals surface area contributed by atoms with E-state index < -0.39 is 0 Å². The molecule has 5 nitrogen and oxygen atoms in total. The van der Waals surface area contributed by atoms with Gasteiger partial charge in [0.15, 0.2) is 0 Å². The smallest absolute Gasteiger partial charge is 0.146 e. The molecule has 0 aliphatic heterocycles. The summed E-state index contributed by atoms with van der Waals surface area (Å²) in [4.78, 5) is 4.04. The maximum Gasteiger partial charge on any atom is 0.146 e. The standard InChI is InChI=1S/C19H19N3O2/c1-24-16-5-2-4-13(11-16)14-7-8-18(23)15(10-14)12-22-17-6-3-9-21-19(17)20/h2-11,22-23H,12H2,1H3,(H2,20,21). The number of aromatic nitrogens is 1. The summed E-state index contributed by atoms with van der Waals surface area (Å²) in [6, 6.07) is 17.0. The Kier molecular flexibility index (Phi) is 4.52. The molecule has 0 aliphatic rings. The Hall–Kier alpha value is -3.21. The lowest BCUT2D eigenvalue weighted by atomic mass is 10.0. The van der Waals surface area contributed by atoms with Gasteiger partial charge in [0.25, 0.3) is 0 Å². The minimum atomic E-state index is 0.233. The summed E-state index contributed by atoms with van der Waals surface area (Å²) in [7, 11) is 1.64. The second-order valence-electron chi connectivity index (χ2n) is 5.37. The van der Waals surface area contributed by atoms with Crippen molar-refractivity contribution >= 4 is 11.5 Å². The molecule has 3 rings (SSSR count). The summed E-state index contributed by atoms with van der Waals surface area (Å²) >= 11 is 0. The average Bonchev–Trinajstić information content (AvgIpc) is 2.62. The SMILES string of the molecule is COc1cccc(-c2ccc(O)c(CNc3cccnc3N)c2)c1. The number of ether oxygens (including phenoxy) is 1. The zero-order chi connectivity index (χ0) is 16.9. The van der Waals surface area contributed by atoms with Crippen molar-refractivity contribution < 1.29 is 9.84 Å². The number of anilines is 2. The summed E-state index contributed by atoms with van der Waals surface area (Å²) in [6.07, 6.45) is 1.64. The number of pyridine rings is 1. The normalized spacial score (nSPS) is 10.4. The number of nitrogens with two attached hydrogens (primary N) is 1. The van der Waals surface area contributed by atoms with Crippen LogP contribution < -0.4 is 15.8 Å². The molecule has 2 aromatic carbocycles. The third-order valence-corrected chi connectivity index (χ3v) is 3.79. The fourth-order valence-electron chi connectivity index (χ4n) is 2.47. The van der Waals surface area contributed by atoms with Gasteiger partial charge in [-0.25, -0.2) is 4.98 Å². The summed E-state index contributed by atoms with van der Waals surface area (Å²) in [5.74, 6) is 1.46. The highest BCUT2D eigenvalue weighted by atomic mass is 16.5. The summed E-state index contributed by atoms with van der Waals surface area (Å²) in [5, 5.41) is 13.3. The van der Waals surface area contributed by atoms with Crippen LogP contribution in [0, 0.1) is 0 Å². The van der Waals surface area contributed by atoms with Crippen molar-refractivity contribution in [2.24, 2.45) is 0 Å². The second-order valence-corrected chi connectivity index (χ2v) is 5.37. The van der Waals surface area contributed by atoms with Crippen LogP contribution in [-0.4, -0.2) is 17.2 Å². The van der Waals surface area contributed by atoms with Gasteiger partial charge in [0.1, 0.15) is 17.3 Å². The lowest BCUT2D eigenvalue weighted by Gasteiger charge is -2.12. The van der Waals surface area contributed by atoms with Gasteiger partial charge in [0.2, 0.25) is 0 Å². The summed E-state index contributed by atoms with van der Waals surface area (Å²) in [5.41, 5.74) is 9.37.